The SMILES string of the molecule is Cc1cccc(C)c1NC(=O)CN(C)C(=O)COC(=O)c1ccc(N(C)C)cc1. The Hall–Kier alpha value is -3.35. The largest absolute Gasteiger partial charge is 0.452 e. The highest BCUT2D eigenvalue weighted by molar-refractivity contribution is 5.96. The first-order valence-corrected chi connectivity index (χ1v) is 9.23. The molecule has 154 valence electrons. The molecule has 7 heteroatoms. The summed E-state index contributed by atoms with van der Waals surface area (Å²) in [6.07, 6.45) is 0. The number of hydrogen-bond donors (Lipinski definition) is 1. The number of amides is 2. The summed E-state index contributed by atoms with van der Waals surface area (Å²) in [6, 6.07) is 12.6. The number of benzene rings is 2. The summed E-state index contributed by atoms with van der Waals surface area (Å²) in [7, 11) is 5.29. The molecule has 0 saturated heterocycles. The third-order valence-corrected chi connectivity index (χ3v) is 4.50. The summed E-state index contributed by atoms with van der Waals surface area (Å²) in [5.41, 5.74) is 3.94. The Labute approximate surface area is 171 Å². The lowest BCUT2D eigenvalue weighted by molar-refractivity contribution is -0.136. The Bertz CT molecular complexity index is 871. The number of para-hydroxylation sites is 1. The van der Waals surface area contributed by atoms with Crippen LogP contribution in [-0.2, 0) is 14.3 Å². The van der Waals surface area contributed by atoms with Crippen LogP contribution in [0.4, 0.5) is 11.4 Å². The Morgan fingerprint density at radius 1 is 0.931 bits per heavy atom. The predicted octanol–water partition coefficient (Wildman–Crippen LogP) is 2.62. The molecule has 0 aliphatic rings. The molecule has 0 atom stereocenters. The number of likely N-dealkylation sites (N-methyl/N-ethyl adjacent to an activating group) is 1. The summed E-state index contributed by atoms with van der Waals surface area (Å²) >= 11 is 0. The minimum Gasteiger partial charge on any atom is -0.452 e. The van der Waals surface area contributed by atoms with E-state index in [2.05, 4.69) is 5.32 Å². The molecule has 0 heterocycles. The second-order valence-electron chi connectivity index (χ2n) is 7.08. The Morgan fingerprint density at radius 2 is 1.52 bits per heavy atom. The number of ether oxygens (including phenoxy) is 1. The van der Waals surface area contributed by atoms with Crippen LogP contribution in [-0.4, -0.2) is 57.0 Å². The van der Waals surface area contributed by atoms with Crippen LogP contribution in [0.3, 0.4) is 0 Å². The topological polar surface area (TPSA) is 79.0 Å². The van der Waals surface area contributed by atoms with E-state index in [0.29, 0.717) is 5.56 Å². The van der Waals surface area contributed by atoms with Crippen LogP contribution in [0.5, 0.6) is 0 Å². The Balaban J connectivity index is 1.85. The second-order valence-corrected chi connectivity index (χ2v) is 7.08. The van der Waals surface area contributed by atoms with Gasteiger partial charge in [0, 0.05) is 32.5 Å². The molecule has 2 amide bonds. The first-order valence-electron chi connectivity index (χ1n) is 9.23. The highest BCUT2D eigenvalue weighted by Crippen LogP contribution is 2.19. The van der Waals surface area contributed by atoms with Crippen molar-refractivity contribution in [1.82, 2.24) is 4.90 Å². The zero-order chi connectivity index (χ0) is 21.6. The van der Waals surface area contributed by atoms with Gasteiger partial charge in [0.2, 0.25) is 5.91 Å². The minimum atomic E-state index is -0.586. The zero-order valence-corrected chi connectivity index (χ0v) is 17.5. The van der Waals surface area contributed by atoms with Crippen LogP contribution < -0.4 is 10.2 Å². The van der Waals surface area contributed by atoms with Gasteiger partial charge in [-0.05, 0) is 49.2 Å². The number of nitrogens with one attached hydrogen (secondary N) is 1. The molecule has 0 spiro atoms. The molecule has 0 bridgehead atoms. The van der Waals surface area contributed by atoms with E-state index in [4.69, 9.17) is 4.74 Å². The summed E-state index contributed by atoms with van der Waals surface area (Å²) in [4.78, 5) is 39.7. The molecule has 2 aromatic carbocycles. The van der Waals surface area contributed by atoms with Crippen molar-refractivity contribution in [2.75, 3.05) is 44.5 Å². The van der Waals surface area contributed by atoms with Crippen molar-refractivity contribution in [2.45, 2.75) is 13.8 Å². The van der Waals surface area contributed by atoms with E-state index in [1.807, 2.05) is 51.0 Å². The van der Waals surface area contributed by atoms with E-state index in [0.717, 1.165) is 22.5 Å². The van der Waals surface area contributed by atoms with Crippen LogP contribution in [0.1, 0.15) is 21.5 Å². The maximum absolute atomic E-state index is 12.3. The van der Waals surface area contributed by atoms with Crippen LogP contribution in [0, 0.1) is 13.8 Å². The van der Waals surface area contributed by atoms with Crippen molar-refractivity contribution >= 4 is 29.2 Å². The molecule has 29 heavy (non-hydrogen) atoms. The molecular formula is C22H27N3O4. The van der Waals surface area contributed by atoms with Gasteiger partial charge in [0.25, 0.3) is 5.91 Å². The number of esters is 1. The van der Waals surface area contributed by atoms with Gasteiger partial charge in [0.15, 0.2) is 6.61 Å². The summed E-state index contributed by atoms with van der Waals surface area (Å²) in [6.45, 7) is 3.24. The summed E-state index contributed by atoms with van der Waals surface area (Å²) in [5.74, 6) is -1.36. The van der Waals surface area contributed by atoms with Gasteiger partial charge in [-0.3, -0.25) is 9.59 Å². The fourth-order valence-corrected chi connectivity index (χ4v) is 2.71. The molecule has 0 unspecified atom stereocenters. The molecule has 0 radical (unpaired) electrons. The van der Waals surface area contributed by atoms with Gasteiger partial charge in [-0.2, -0.15) is 0 Å². The lowest BCUT2D eigenvalue weighted by Crippen LogP contribution is -2.37. The highest BCUT2D eigenvalue weighted by atomic mass is 16.5. The quantitative estimate of drug-likeness (QED) is 0.727. The minimum absolute atomic E-state index is 0.137. The fraction of sp³-hybridized carbons (Fsp3) is 0.318. The van der Waals surface area contributed by atoms with Crippen molar-refractivity contribution in [2.24, 2.45) is 0 Å². The molecule has 0 saturated carbocycles. The first kappa shape index (κ1) is 21.9. The number of anilines is 2. The monoisotopic (exact) mass is 397 g/mol. The molecule has 7 nitrogen and oxygen atoms in total. The van der Waals surface area contributed by atoms with E-state index in [1.165, 1.54) is 11.9 Å². The van der Waals surface area contributed by atoms with E-state index in [9.17, 15) is 14.4 Å². The zero-order valence-electron chi connectivity index (χ0n) is 17.5. The van der Waals surface area contributed by atoms with Crippen LogP contribution in [0.2, 0.25) is 0 Å². The highest BCUT2D eigenvalue weighted by Gasteiger charge is 2.17. The number of aryl methyl sites for hydroxylation is 2. The summed E-state index contributed by atoms with van der Waals surface area (Å²) < 4.78 is 5.07. The molecule has 0 aliphatic heterocycles. The van der Waals surface area contributed by atoms with Crippen molar-refractivity contribution in [3.05, 3.63) is 59.2 Å². The van der Waals surface area contributed by atoms with Crippen molar-refractivity contribution in [3.63, 3.8) is 0 Å². The number of carbonyl (C=O) groups excluding carboxylic acids is 3. The normalized spacial score (nSPS) is 10.2. The van der Waals surface area contributed by atoms with E-state index in [-0.39, 0.29) is 12.5 Å². The summed E-state index contributed by atoms with van der Waals surface area (Å²) in [5, 5.41) is 2.82. The number of carbonyl (C=O) groups is 3. The van der Waals surface area contributed by atoms with E-state index >= 15 is 0 Å². The molecule has 1 N–H and O–H groups in total. The maximum Gasteiger partial charge on any atom is 0.338 e. The van der Waals surface area contributed by atoms with Gasteiger partial charge in [-0.1, -0.05) is 18.2 Å². The fourth-order valence-electron chi connectivity index (χ4n) is 2.71. The predicted molar refractivity (Wildman–Crippen MR) is 113 cm³/mol. The van der Waals surface area contributed by atoms with Crippen LogP contribution in [0.25, 0.3) is 0 Å². The molecule has 2 rings (SSSR count). The Morgan fingerprint density at radius 3 is 2.07 bits per heavy atom. The van der Waals surface area contributed by atoms with E-state index in [1.54, 1.807) is 24.3 Å². The smallest absolute Gasteiger partial charge is 0.338 e. The number of nitrogens with zero attached hydrogens (tertiary/aromatic N) is 2. The van der Waals surface area contributed by atoms with Gasteiger partial charge < -0.3 is 19.9 Å². The number of rotatable bonds is 7. The van der Waals surface area contributed by atoms with Crippen LogP contribution in [0.15, 0.2) is 42.5 Å². The molecule has 0 aromatic heterocycles. The first-order chi connectivity index (χ1) is 13.7. The van der Waals surface area contributed by atoms with Gasteiger partial charge in [0.1, 0.15) is 0 Å². The second kappa shape index (κ2) is 9.73. The lowest BCUT2D eigenvalue weighted by atomic mass is 10.1. The molecule has 2 aromatic rings. The van der Waals surface area contributed by atoms with Crippen molar-refractivity contribution in [1.29, 1.82) is 0 Å². The van der Waals surface area contributed by atoms with Crippen molar-refractivity contribution in [3.8, 4) is 0 Å². The number of hydrogen-bond acceptors (Lipinski definition) is 5. The van der Waals surface area contributed by atoms with Gasteiger partial charge >= 0.3 is 5.97 Å². The average Bonchev–Trinajstić information content (AvgIpc) is 2.68. The van der Waals surface area contributed by atoms with Crippen molar-refractivity contribution < 1.29 is 19.1 Å². The Kier molecular flexibility index (Phi) is 7.36. The molecular weight excluding hydrogens is 370 g/mol. The molecule has 0 aliphatic carbocycles. The lowest BCUT2D eigenvalue weighted by Gasteiger charge is -2.18. The molecule has 0 fully saturated rings. The average molecular weight is 397 g/mol. The third-order valence-electron chi connectivity index (χ3n) is 4.50. The van der Waals surface area contributed by atoms with Gasteiger partial charge in [0.05, 0.1) is 12.1 Å². The van der Waals surface area contributed by atoms with Crippen LogP contribution >= 0.6 is 0 Å². The maximum atomic E-state index is 12.3. The van der Waals surface area contributed by atoms with Gasteiger partial charge in [-0.15, -0.1) is 0 Å². The standard InChI is InChI=1S/C22H27N3O4/c1-15-7-6-8-16(2)21(15)23-19(26)13-25(5)20(27)14-29-22(28)17-9-11-18(12-10-17)24(3)4/h6-12H,13-14H2,1-5H3,(H,23,26). The third kappa shape index (κ3) is 6.07. The van der Waals surface area contributed by atoms with E-state index < -0.39 is 18.5 Å². The van der Waals surface area contributed by atoms with Gasteiger partial charge in [-0.25, -0.2) is 4.79 Å².